The van der Waals surface area contributed by atoms with Crippen molar-refractivity contribution in [3.05, 3.63) is 5.01 Å². The van der Waals surface area contributed by atoms with Gasteiger partial charge in [0.15, 0.2) is 0 Å². The van der Waals surface area contributed by atoms with Crippen LogP contribution in [-0.2, 0) is 6.54 Å². The first-order chi connectivity index (χ1) is 8.70. The van der Waals surface area contributed by atoms with E-state index >= 15 is 0 Å². The Labute approximate surface area is 114 Å². The van der Waals surface area contributed by atoms with Crippen molar-refractivity contribution in [2.24, 2.45) is 5.92 Å². The van der Waals surface area contributed by atoms with E-state index in [0.29, 0.717) is 0 Å². The number of aromatic nitrogens is 2. The SMILES string of the molecule is CCCNc1nnc(CN2CCCC2C(C)C)s1. The third-order valence-electron chi connectivity index (χ3n) is 3.52. The second-order valence-electron chi connectivity index (χ2n) is 5.35. The number of nitrogens with one attached hydrogen (secondary N) is 1. The van der Waals surface area contributed by atoms with Gasteiger partial charge in [0.05, 0.1) is 6.54 Å². The zero-order chi connectivity index (χ0) is 13.0. The van der Waals surface area contributed by atoms with E-state index in [0.717, 1.165) is 41.6 Å². The topological polar surface area (TPSA) is 41.1 Å². The van der Waals surface area contributed by atoms with E-state index in [4.69, 9.17) is 0 Å². The summed E-state index contributed by atoms with van der Waals surface area (Å²) in [5, 5.41) is 13.9. The highest BCUT2D eigenvalue weighted by molar-refractivity contribution is 7.15. The molecule has 1 aromatic heterocycles. The minimum Gasteiger partial charge on any atom is -0.360 e. The Morgan fingerprint density at radius 1 is 1.44 bits per heavy atom. The molecule has 0 spiro atoms. The fourth-order valence-electron chi connectivity index (χ4n) is 2.60. The van der Waals surface area contributed by atoms with Crippen molar-refractivity contribution < 1.29 is 0 Å². The normalized spacial score (nSPS) is 20.8. The van der Waals surface area contributed by atoms with Gasteiger partial charge in [0.2, 0.25) is 5.13 Å². The van der Waals surface area contributed by atoms with Gasteiger partial charge in [0, 0.05) is 12.6 Å². The summed E-state index contributed by atoms with van der Waals surface area (Å²) in [4.78, 5) is 2.56. The van der Waals surface area contributed by atoms with Crippen LogP contribution in [0.4, 0.5) is 5.13 Å². The summed E-state index contributed by atoms with van der Waals surface area (Å²) in [5.74, 6) is 0.734. The van der Waals surface area contributed by atoms with Crippen molar-refractivity contribution in [1.29, 1.82) is 0 Å². The van der Waals surface area contributed by atoms with Gasteiger partial charge in [-0.15, -0.1) is 10.2 Å². The van der Waals surface area contributed by atoms with Crippen LogP contribution >= 0.6 is 11.3 Å². The molecule has 5 heteroatoms. The van der Waals surface area contributed by atoms with Gasteiger partial charge in [-0.05, 0) is 31.7 Å². The molecule has 1 atom stereocenters. The molecule has 0 bridgehead atoms. The highest BCUT2D eigenvalue weighted by Gasteiger charge is 2.27. The van der Waals surface area contributed by atoms with E-state index in [2.05, 4.69) is 41.2 Å². The maximum Gasteiger partial charge on any atom is 0.205 e. The van der Waals surface area contributed by atoms with Crippen LogP contribution in [0.5, 0.6) is 0 Å². The van der Waals surface area contributed by atoms with Crippen LogP contribution in [0.2, 0.25) is 0 Å². The Kier molecular flexibility index (Phi) is 4.95. The molecule has 1 unspecified atom stereocenters. The summed E-state index contributed by atoms with van der Waals surface area (Å²) in [6.45, 7) is 9.95. The Hall–Kier alpha value is -0.680. The van der Waals surface area contributed by atoms with Crippen molar-refractivity contribution in [2.75, 3.05) is 18.4 Å². The summed E-state index contributed by atoms with van der Waals surface area (Å²) in [7, 11) is 0. The van der Waals surface area contributed by atoms with Gasteiger partial charge in [-0.25, -0.2) is 0 Å². The van der Waals surface area contributed by atoms with Crippen LogP contribution in [-0.4, -0.2) is 34.2 Å². The third-order valence-corrected chi connectivity index (χ3v) is 4.38. The molecular formula is C13H24N4S. The van der Waals surface area contributed by atoms with E-state index in [1.807, 2.05) is 0 Å². The molecule has 0 aromatic carbocycles. The number of rotatable bonds is 6. The molecule has 4 nitrogen and oxygen atoms in total. The first-order valence-corrected chi connectivity index (χ1v) is 7.82. The molecule has 1 fully saturated rings. The molecule has 102 valence electrons. The van der Waals surface area contributed by atoms with Crippen LogP contribution in [0, 0.1) is 5.92 Å². The molecule has 1 aliphatic rings. The molecule has 1 saturated heterocycles. The van der Waals surface area contributed by atoms with Crippen LogP contribution in [0.15, 0.2) is 0 Å². The van der Waals surface area contributed by atoms with Gasteiger partial charge in [-0.3, -0.25) is 4.90 Å². The second kappa shape index (κ2) is 6.48. The van der Waals surface area contributed by atoms with Crippen LogP contribution in [0.3, 0.4) is 0 Å². The summed E-state index contributed by atoms with van der Waals surface area (Å²) >= 11 is 1.70. The van der Waals surface area contributed by atoms with Gasteiger partial charge < -0.3 is 5.32 Å². The summed E-state index contributed by atoms with van der Waals surface area (Å²) in [5.41, 5.74) is 0. The lowest BCUT2D eigenvalue weighted by Gasteiger charge is -2.26. The molecule has 2 rings (SSSR count). The maximum absolute atomic E-state index is 4.29. The lowest BCUT2D eigenvalue weighted by molar-refractivity contribution is 0.198. The average molecular weight is 268 g/mol. The number of anilines is 1. The molecule has 0 saturated carbocycles. The van der Waals surface area contributed by atoms with Crippen molar-refractivity contribution in [1.82, 2.24) is 15.1 Å². The molecule has 1 aliphatic heterocycles. The Balaban J connectivity index is 1.90. The van der Waals surface area contributed by atoms with Gasteiger partial charge >= 0.3 is 0 Å². The van der Waals surface area contributed by atoms with E-state index in [1.165, 1.54) is 19.4 Å². The number of hydrogen-bond acceptors (Lipinski definition) is 5. The minimum absolute atomic E-state index is 0.723. The van der Waals surface area contributed by atoms with Crippen LogP contribution < -0.4 is 5.32 Å². The molecule has 1 aromatic rings. The quantitative estimate of drug-likeness (QED) is 0.861. The summed E-state index contributed by atoms with van der Waals surface area (Å²) in [6.07, 6.45) is 3.77. The molecule has 0 amide bonds. The number of hydrogen-bond donors (Lipinski definition) is 1. The standard InChI is InChI=1S/C13H24N4S/c1-4-7-14-13-16-15-12(18-13)9-17-8-5-6-11(17)10(2)3/h10-11H,4-9H2,1-3H3,(H,14,16). The first-order valence-electron chi connectivity index (χ1n) is 7.01. The summed E-state index contributed by atoms with van der Waals surface area (Å²) < 4.78 is 0. The van der Waals surface area contributed by atoms with Crippen molar-refractivity contribution in [3.8, 4) is 0 Å². The zero-order valence-corrected chi connectivity index (χ0v) is 12.5. The zero-order valence-electron chi connectivity index (χ0n) is 11.6. The highest BCUT2D eigenvalue weighted by Crippen LogP contribution is 2.27. The van der Waals surface area contributed by atoms with E-state index in [-0.39, 0.29) is 0 Å². The second-order valence-corrected chi connectivity index (χ2v) is 6.41. The third kappa shape index (κ3) is 3.42. The van der Waals surface area contributed by atoms with Crippen molar-refractivity contribution in [2.45, 2.75) is 52.6 Å². The van der Waals surface area contributed by atoms with Gasteiger partial charge in [-0.2, -0.15) is 0 Å². The Morgan fingerprint density at radius 2 is 2.28 bits per heavy atom. The largest absolute Gasteiger partial charge is 0.360 e. The van der Waals surface area contributed by atoms with E-state index in [9.17, 15) is 0 Å². The monoisotopic (exact) mass is 268 g/mol. The smallest absolute Gasteiger partial charge is 0.205 e. The Bertz CT molecular complexity index is 364. The van der Waals surface area contributed by atoms with Crippen molar-refractivity contribution >= 4 is 16.5 Å². The molecule has 0 radical (unpaired) electrons. The highest BCUT2D eigenvalue weighted by atomic mass is 32.1. The fourth-order valence-corrected chi connectivity index (χ4v) is 3.39. The molecule has 18 heavy (non-hydrogen) atoms. The molecule has 0 aliphatic carbocycles. The molecule has 1 N–H and O–H groups in total. The van der Waals surface area contributed by atoms with Crippen LogP contribution in [0.1, 0.15) is 45.0 Å². The minimum atomic E-state index is 0.723. The lowest BCUT2D eigenvalue weighted by Crippen LogP contribution is -2.32. The maximum atomic E-state index is 4.29. The number of nitrogens with zero attached hydrogens (tertiary/aromatic N) is 3. The predicted molar refractivity (Wildman–Crippen MR) is 77.0 cm³/mol. The number of likely N-dealkylation sites (tertiary alicyclic amines) is 1. The molecular weight excluding hydrogens is 244 g/mol. The summed E-state index contributed by atoms with van der Waals surface area (Å²) in [6, 6.07) is 0.723. The lowest BCUT2D eigenvalue weighted by atomic mass is 10.0. The van der Waals surface area contributed by atoms with E-state index in [1.54, 1.807) is 11.3 Å². The fraction of sp³-hybridized carbons (Fsp3) is 0.846. The molecule has 2 heterocycles. The van der Waals surface area contributed by atoms with Crippen molar-refractivity contribution in [3.63, 3.8) is 0 Å². The Morgan fingerprint density at radius 3 is 3.00 bits per heavy atom. The van der Waals surface area contributed by atoms with Gasteiger partial charge in [-0.1, -0.05) is 32.1 Å². The van der Waals surface area contributed by atoms with Gasteiger partial charge in [0.1, 0.15) is 5.01 Å². The van der Waals surface area contributed by atoms with Gasteiger partial charge in [0.25, 0.3) is 0 Å². The average Bonchev–Trinajstić information content (AvgIpc) is 2.96. The first kappa shape index (κ1) is 13.7. The predicted octanol–water partition coefficient (Wildman–Crippen LogP) is 2.98. The van der Waals surface area contributed by atoms with E-state index < -0.39 is 0 Å². The van der Waals surface area contributed by atoms with Crippen LogP contribution in [0.25, 0.3) is 0 Å².